The van der Waals surface area contributed by atoms with E-state index in [0.717, 1.165) is 48.9 Å². The lowest BCUT2D eigenvalue weighted by Crippen LogP contribution is -2.48. The van der Waals surface area contributed by atoms with Crippen molar-refractivity contribution >= 4 is 52.3 Å². The van der Waals surface area contributed by atoms with Crippen molar-refractivity contribution < 1.29 is 61.1 Å². The Hall–Kier alpha value is -9.01. The van der Waals surface area contributed by atoms with Crippen LogP contribution in [0.25, 0.3) is 16.6 Å². The van der Waals surface area contributed by atoms with Gasteiger partial charge in [-0.05, 0) is 104 Å². The second-order valence-corrected chi connectivity index (χ2v) is 21.0. The zero-order valence-corrected chi connectivity index (χ0v) is 48.8. The van der Waals surface area contributed by atoms with E-state index in [9.17, 15) is 23.2 Å². The third kappa shape index (κ3) is 17.0. The number of methoxy groups -OCH3 is 6. The van der Waals surface area contributed by atoms with Crippen LogP contribution in [0.15, 0.2) is 70.6 Å². The van der Waals surface area contributed by atoms with Crippen molar-refractivity contribution in [3.63, 3.8) is 0 Å². The van der Waals surface area contributed by atoms with E-state index in [2.05, 4.69) is 26.7 Å². The Labute approximate surface area is 480 Å². The normalized spacial score (nSPS) is 14.9. The van der Waals surface area contributed by atoms with Gasteiger partial charge in [0.2, 0.25) is 11.9 Å². The smallest absolute Gasteiger partial charge is 0.410 e. The number of anilines is 1. The van der Waals surface area contributed by atoms with Crippen LogP contribution in [-0.2, 0) is 27.4 Å². The maximum atomic E-state index is 14.6. The predicted molar refractivity (Wildman–Crippen MR) is 305 cm³/mol. The average molecular weight is 1150 g/mol. The van der Waals surface area contributed by atoms with Gasteiger partial charge in [0.15, 0.2) is 11.5 Å². The third-order valence-corrected chi connectivity index (χ3v) is 12.9. The van der Waals surface area contributed by atoms with Gasteiger partial charge in [-0.1, -0.05) is 0 Å². The molecule has 444 valence electrons. The molecule has 2 aliphatic rings. The lowest BCUT2D eigenvalue weighted by Gasteiger charge is -2.33. The number of nitrogens with one attached hydrogen (secondary N) is 2. The highest BCUT2D eigenvalue weighted by molar-refractivity contribution is 5.96. The highest BCUT2D eigenvalue weighted by Gasteiger charge is 2.33. The SMILES string of the molecule is CC(C)(C)OC(=O)N1CCC[C@@H](C(=O)NN)C1.COc1ccc(CN=C=Nc2c(C#N)cc(F)cc2OC)c(OC)c1.COc1ccc(CNc2nc3c(OC)cc(F)cc3c3nc([C@@H]4CCCN(C(=O)OC(C)(C)C)C4)nn23)c(OC)c1. The number of nitrogens with two attached hydrogens (primary N) is 1. The lowest BCUT2D eigenvalue weighted by molar-refractivity contribution is -0.126. The van der Waals surface area contributed by atoms with E-state index in [0.29, 0.717) is 84.0 Å². The molecule has 25 heteroatoms. The Balaban J connectivity index is 0.000000223. The zero-order chi connectivity index (χ0) is 60.6. The number of hydrogen-bond donors (Lipinski definition) is 3. The van der Waals surface area contributed by atoms with Crippen molar-refractivity contribution in [2.75, 3.05) is 74.2 Å². The van der Waals surface area contributed by atoms with Crippen molar-refractivity contribution in [2.45, 2.75) is 97.4 Å². The number of fused-ring (bicyclic) bond motifs is 3. The summed E-state index contributed by atoms with van der Waals surface area (Å²) in [6.07, 6.45) is 2.39. The molecular formula is C58H72F2N12O11. The lowest BCUT2D eigenvalue weighted by atomic mass is 9.98. The number of amides is 3. The molecule has 0 saturated carbocycles. The van der Waals surface area contributed by atoms with Gasteiger partial charge in [0.25, 0.3) is 0 Å². The largest absolute Gasteiger partial charge is 0.497 e. The van der Waals surface area contributed by atoms with E-state index in [4.69, 9.17) is 64.1 Å². The molecule has 0 unspecified atom stereocenters. The molecule has 4 N–H and O–H groups in total. The fraction of sp³-hybridized carbons (Fsp3) is 0.448. The van der Waals surface area contributed by atoms with E-state index >= 15 is 0 Å². The number of benzene rings is 4. The Morgan fingerprint density at radius 2 is 1.29 bits per heavy atom. The molecule has 23 nitrogen and oxygen atoms in total. The summed E-state index contributed by atoms with van der Waals surface area (Å²) in [7, 11) is 9.16. The molecule has 2 atom stereocenters. The summed E-state index contributed by atoms with van der Waals surface area (Å²) in [6, 6.07) is 20.2. The fourth-order valence-corrected chi connectivity index (χ4v) is 8.88. The number of halogens is 2. The Kier molecular flexibility index (Phi) is 21.8. The van der Waals surface area contributed by atoms with Crippen LogP contribution in [0.5, 0.6) is 34.5 Å². The molecule has 8 rings (SSSR count). The molecule has 83 heavy (non-hydrogen) atoms. The second kappa shape index (κ2) is 28.6. The molecule has 4 aromatic carbocycles. The van der Waals surface area contributed by atoms with E-state index in [1.807, 2.05) is 65.8 Å². The summed E-state index contributed by atoms with van der Waals surface area (Å²) in [4.78, 5) is 56.9. The van der Waals surface area contributed by atoms with Gasteiger partial charge in [-0.15, -0.1) is 5.10 Å². The maximum Gasteiger partial charge on any atom is 0.410 e. The van der Waals surface area contributed by atoms with E-state index in [-0.39, 0.29) is 59.2 Å². The molecule has 0 aliphatic carbocycles. The third-order valence-electron chi connectivity index (χ3n) is 12.9. The average Bonchev–Trinajstić information content (AvgIpc) is 2.78. The number of hydrazine groups is 1. The highest BCUT2D eigenvalue weighted by atomic mass is 19.1. The first-order chi connectivity index (χ1) is 39.5. The number of aromatic nitrogens is 4. The minimum absolute atomic E-state index is 0.0431. The Morgan fingerprint density at radius 1 is 0.723 bits per heavy atom. The molecule has 3 amide bonds. The van der Waals surface area contributed by atoms with Crippen molar-refractivity contribution in [3.05, 3.63) is 94.8 Å². The van der Waals surface area contributed by atoms with Crippen LogP contribution in [0.2, 0.25) is 0 Å². The summed E-state index contributed by atoms with van der Waals surface area (Å²) >= 11 is 0. The molecule has 2 saturated heterocycles. The highest BCUT2D eigenvalue weighted by Crippen LogP contribution is 2.35. The number of nitriles is 1. The van der Waals surface area contributed by atoms with Crippen LogP contribution in [0.1, 0.15) is 95.7 Å². The van der Waals surface area contributed by atoms with Crippen molar-refractivity contribution in [2.24, 2.45) is 21.7 Å². The first-order valence-corrected chi connectivity index (χ1v) is 26.5. The molecule has 2 fully saturated rings. The summed E-state index contributed by atoms with van der Waals surface area (Å²) in [5.41, 5.74) is 3.81. The predicted octanol–water partition coefficient (Wildman–Crippen LogP) is 9.52. The molecule has 0 spiro atoms. The molecular weight excluding hydrogens is 1080 g/mol. The number of ether oxygens (including phenoxy) is 8. The van der Waals surface area contributed by atoms with Crippen molar-refractivity contribution in [1.29, 1.82) is 5.26 Å². The first kappa shape index (κ1) is 63.2. The molecule has 2 aliphatic heterocycles. The first-order valence-electron chi connectivity index (χ1n) is 26.5. The van der Waals surface area contributed by atoms with Crippen LogP contribution in [0, 0.1) is 28.9 Å². The van der Waals surface area contributed by atoms with Gasteiger partial charge in [-0.25, -0.2) is 39.2 Å². The standard InChI is InChI=1S/C29H35FN6O5.C18H16FN3O3.C11H21N3O3/c1-29(2,3)41-28(37)35-11-7-8-18(16-35)25-33-26-21-12-19(30)13-23(40-6)24(21)32-27(36(26)34-25)31-15-17-9-10-20(38-4)14-22(17)39-5;1-23-15-5-4-12(16(8-15)24-2)10-21-11-22-18-13(9-20)6-14(19)7-17(18)25-3;1-11(2,3)17-10(16)14-6-4-5-8(7-14)9(15)13-12/h9-10,12-14,18H,7-8,11,15-16H2,1-6H3,(H,31,32);4-8H,10H2,1-3H3;8H,4-7,12H2,1-3H3,(H,13,15)/t18-;;8-/m1.1/s1. The minimum Gasteiger partial charge on any atom is -0.497 e. The number of aliphatic imine (C=N–C) groups is 2. The number of carbonyl (C=O) groups excluding carboxylic acids is 3. The van der Waals surface area contributed by atoms with Gasteiger partial charge in [0, 0.05) is 74.0 Å². The van der Waals surface area contributed by atoms with Crippen molar-refractivity contribution in [1.82, 2.24) is 34.8 Å². The number of nitrogens with zero attached hydrogens (tertiary/aromatic N) is 9. The van der Waals surface area contributed by atoms with Crippen LogP contribution in [-0.4, -0.2) is 134 Å². The van der Waals surface area contributed by atoms with E-state index in [1.165, 1.54) is 26.4 Å². The van der Waals surface area contributed by atoms with Crippen LogP contribution >= 0.6 is 0 Å². The summed E-state index contributed by atoms with van der Waals surface area (Å²) in [5.74, 6) is 7.45. The zero-order valence-electron chi connectivity index (χ0n) is 48.8. The van der Waals surface area contributed by atoms with Gasteiger partial charge >= 0.3 is 12.2 Å². The van der Waals surface area contributed by atoms with Crippen LogP contribution < -0.4 is 45.0 Å². The number of piperidine rings is 2. The number of rotatable bonds is 14. The van der Waals surface area contributed by atoms with Gasteiger partial charge in [-0.2, -0.15) is 14.8 Å². The topological polar surface area (TPSA) is 273 Å². The van der Waals surface area contributed by atoms with E-state index < -0.39 is 22.8 Å². The summed E-state index contributed by atoms with van der Waals surface area (Å²) in [6.45, 7) is 13.6. The summed E-state index contributed by atoms with van der Waals surface area (Å²) in [5, 5.41) is 17.7. The fourth-order valence-electron chi connectivity index (χ4n) is 8.88. The second-order valence-electron chi connectivity index (χ2n) is 21.0. The van der Waals surface area contributed by atoms with Gasteiger partial charge in [0.1, 0.15) is 74.6 Å². The van der Waals surface area contributed by atoms with Crippen LogP contribution in [0.4, 0.5) is 30.0 Å². The Morgan fingerprint density at radius 3 is 1.87 bits per heavy atom. The molecule has 2 aromatic heterocycles. The van der Waals surface area contributed by atoms with Crippen molar-refractivity contribution in [3.8, 4) is 40.6 Å². The molecule has 4 heterocycles. The molecule has 0 radical (unpaired) electrons. The summed E-state index contributed by atoms with van der Waals surface area (Å²) < 4.78 is 72.2. The Bertz CT molecular complexity index is 3370. The van der Waals surface area contributed by atoms with Gasteiger partial charge < -0.3 is 53.0 Å². The number of hydrogen-bond acceptors (Lipinski definition) is 19. The molecule has 6 aromatic rings. The van der Waals surface area contributed by atoms with Crippen LogP contribution in [0.3, 0.4) is 0 Å². The quantitative estimate of drug-likeness (QED) is 0.0396. The maximum absolute atomic E-state index is 14.6. The number of likely N-dealkylation sites (tertiary alicyclic amines) is 2. The van der Waals surface area contributed by atoms with Gasteiger partial charge in [0.05, 0.1) is 72.1 Å². The van der Waals surface area contributed by atoms with E-state index in [1.54, 1.807) is 61.0 Å². The molecule has 0 bridgehead atoms. The number of carbonyl (C=O) groups is 3. The van der Waals surface area contributed by atoms with Gasteiger partial charge in [-0.3, -0.25) is 10.2 Å². The minimum atomic E-state index is -0.591. The monoisotopic (exact) mass is 1150 g/mol.